The largest absolute Gasteiger partial charge is 0.376 e. The van der Waals surface area contributed by atoms with Gasteiger partial charge in [0.25, 0.3) is 11.5 Å². The second-order valence-electron chi connectivity index (χ2n) is 9.23. The first-order valence-electron chi connectivity index (χ1n) is 11.7. The van der Waals surface area contributed by atoms with Gasteiger partial charge in [-0.3, -0.25) is 19.6 Å². The highest BCUT2D eigenvalue weighted by Crippen LogP contribution is 2.36. The van der Waals surface area contributed by atoms with E-state index < -0.39 is 0 Å². The van der Waals surface area contributed by atoms with E-state index in [9.17, 15) is 9.59 Å². The van der Waals surface area contributed by atoms with Crippen molar-refractivity contribution in [3.05, 3.63) is 100 Å². The summed E-state index contributed by atoms with van der Waals surface area (Å²) in [6.07, 6.45) is 6.15. The molecule has 1 fully saturated rings. The number of fused-ring (bicyclic) bond motifs is 5. The number of likely N-dealkylation sites (tertiary alicyclic amines) is 1. The predicted molar refractivity (Wildman–Crippen MR) is 131 cm³/mol. The Kier molecular flexibility index (Phi) is 5.09. The van der Waals surface area contributed by atoms with E-state index in [0.29, 0.717) is 37.4 Å². The summed E-state index contributed by atoms with van der Waals surface area (Å²) in [5.41, 5.74) is 4.23. The van der Waals surface area contributed by atoms with Crippen LogP contribution in [0.4, 0.5) is 5.69 Å². The molecule has 6 rings (SSSR count). The van der Waals surface area contributed by atoms with Gasteiger partial charge in [-0.1, -0.05) is 18.2 Å². The van der Waals surface area contributed by atoms with Gasteiger partial charge in [0.15, 0.2) is 0 Å². The fourth-order valence-corrected chi connectivity index (χ4v) is 5.33. The Hall–Kier alpha value is -4.00. The van der Waals surface area contributed by atoms with Crippen LogP contribution >= 0.6 is 0 Å². The van der Waals surface area contributed by atoms with E-state index in [1.165, 1.54) is 0 Å². The van der Waals surface area contributed by atoms with Crippen molar-refractivity contribution in [1.29, 1.82) is 0 Å². The van der Waals surface area contributed by atoms with Crippen LogP contribution in [-0.2, 0) is 13.1 Å². The molecule has 1 saturated heterocycles. The summed E-state index contributed by atoms with van der Waals surface area (Å²) in [7, 11) is 0. The molecule has 7 nitrogen and oxygen atoms in total. The number of aromatic nitrogens is 3. The molecule has 2 atom stereocenters. The zero-order valence-corrected chi connectivity index (χ0v) is 18.7. The summed E-state index contributed by atoms with van der Waals surface area (Å²) in [5.74, 6) is 0.449. The van der Waals surface area contributed by atoms with Gasteiger partial charge in [-0.2, -0.15) is 0 Å². The van der Waals surface area contributed by atoms with Crippen LogP contribution in [0, 0.1) is 5.92 Å². The minimum Gasteiger partial charge on any atom is -0.376 e. The van der Waals surface area contributed by atoms with Crippen LogP contribution in [-0.4, -0.2) is 38.4 Å². The summed E-state index contributed by atoms with van der Waals surface area (Å²) in [5, 5.41) is 4.40. The van der Waals surface area contributed by atoms with Crippen LogP contribution in [0.2, 0.25) is 0 Å². The summed E-state index contributed by atoms with van der Waals surface area (Å²) in [6, 6.07) is 17.6. The van der Waals surface area contributed by atoms with E-state index in [0.717, 1.165) is 28.6 Å². The lowest BCUT2D eigenvalue weighted by Crippen LogP contribution is -2.49. The van der Waals surface area contributed by atoms with Gasteiger partial charge in [0.2, 0.25) is 0 Å². The molecule has 0 aliphatic carbocycles. The van der Waals surface area contributed by atoms with Gasteiger partial charge in [-0.05, 0) is 54.3 Å². The van der Waals surface area contributed by atoms with Crippen molar-refractivity contribution in [2.75, 3.05) is 18.4 Å². The number of benzene rings is 1. The number of rotatable bonds is 4. The van der Waals surface area contributed by atoms with E-state index in [1.807, 2.05) is 52.1 Å². The third-order valence-corrected chi connectivity index (χ3v) is 6.93. The Balaban J connectivity index is 1.21. The number of carbonyl (C=O) groups excluding carboxylic acids is 1. The fourth-order valence-electron chi connectivity index (χ4n) is 5.33. The maximum atomic E-state index is 13.3. The number of pyridine rings is 3. The smallest absolute Gasteiger partial charge is 0.274 e. The molecule has 34 heavy (non-hydrogen) atoms. The van der Waals surface area contributed by atoms with Crippen molar-refractivity contribution < 1.29 is 4.79 Å². The van der Waals surface area contributed by atoms with Gasteiger partial charge in [0.1, 0.15) is 5.69 Å². The van der Waals surface area contributed by atoms with Gasteiger partial charge in [-0.15, -0.1) is 0 Å². The molecule has 170 valence electrons. The first kappa shape index (κ1) is 20.6. The van der Waals surface area contributed by atoms with E-state index >= 15 is 0 Å². The highest BCUT2D eigenvalue weighted by molar-refractivity contribution is 5.94. The molecule has 2 bridgehead atoms. The van der Waals surface area contributed by atoms with E-state index in [2.05, 4.69) is 21.4 Å². The molecule has 7 heteroatoms. The Bertz CT molecular complexity index is 1430. The highest BCUT2D eigenvalue weighted by Gasteiger charge is 2.36. The SMILES string of the molecule is O=C(c1cccnc1)N1C[C@@H]2C[C@H](C1)c1ccc(NCc3cnc4ccccc4c3)c(=O)n1C2. The summed E-state index contributed by atoms with van der Waals surface area (Å²) in [4.78, 5) is 36.8. The zero-order valence-electron chi connectivity index (χ0n) is 18.7. The average Bonchev–Trinajstić information content (AvgIpc) is 2.88. The topological polar surface area (TPSA) is 80.1 Å². The number of para-hydroxylation sites is 1. The van der Waals surface area contributed by atoms with Crippen LogP contribution in [0.3, 0.4) is 0 Å². The standard InChI is InChI=1S/C27H25N5O2/c33-26(21-5-3-9-28-14-21)31-15-19-11-22(17-31)25-8-7-24(27(34)32(25)16-19)30-13-18-10-20-4-1-2-6-23(20)29-12-18/h1-10,12,14,19,22,30H,11,13,15-17H2/t19-,22+/m0/s1. The van der Waals surface area contributed by atoms with Crippen molar-refractivity contribution in [3.63, 3.8) is 0 Å². The minimum absolute atomic E-state index is 0.00739. The molecule has 5 heterocycles. The molecule has 3 aromatic heterocycles. The number of anilines is 1. The highest BCUT2D eigenvalue weighted by atomic mass is 16.2. The average molecular weight is 452 g/mol. The Morgan fingerprint density at radius 1 is 1.03 bits per heavy atom. The third kappa shape index (κ3) is 3.73. The van der Waals surface area contributed by atoms with Crippen LogP contribution in [0.25, 0.3) is 10.9 Å². The van der Waals surface area contributed by atoms with E-state index in [1.54, 1.807) is 24.5 Å². The number of nitrogens with one attached hydrogen (secondary N) is 1. The van der Waals surface area contributed by atoms with Crippen LogP contribution in [0.5, 0.6) is 0 Å². The minimum atomic E-state index is 0.00739. The molecule has 2 aliphatic heterocycles. The van der Waals surface area contributed by atoms with Crippen molar-refractivity contribution in [1.82, 2.24) is 19.4 Å². The second kappa shape index (κ2) is 8.41. The number of nitrogens with zero attached hydrogens (tertiary/aromatic N) is 4. The Morgan fingerprint density at radius 3 is 2.82 bits per heavy atom. The molecular formula is C27H25N5O2. The normalized spacial score (nSPS) is 19.0. The molecule has 0 saturated carbocycles. The second-order valence-corrected chi connectivity index (χ2v) is 9.23. The maximum absolute atomic E-state index is 13.3. The van der Waals surface area contributed by atoms with Gasteiger partial charge < -0.3 is 14.8 Å². The van der Waals surface area contributed by atoms with Crippen LogP contribution in [0.15, 0.2) is 78.0 Å². The fraction of sp³-hybridized carbons (Fsp3) is 0.259. The van der Waals surface area contributed by atoms with Gasteiger partial charge >= 0.3 is 0 Å². The first-order chi connectivity index (χ1) is 16.7. The van der Waals surface area contributed by atoms with Crippen LogP contribution in [0.1, 0.15) is 34.0 Å². The molecule has 4 aromatic rings. The molecule has 0 radical (unpaired) electrons. The lowest BCUT2D eigenvalue weighted by Gasteiger charge is -2.42. The molecule has 0 unspecified atom stereocenters. The van der Waals surface area contributed by atoms with E-state index in [4.69, 9.17) is 0 Å². The summed E-state index contributed by atoms with van der Waals surface area (Å²) in [6.45, 7) is 2.46. The van der Waals surface area contributed by atoms with Gasteiger partial charge in [-0.25, -0.2) is 0 Å². The van der Waals surface area contributed by atoms with Crippen molar-refractivity contribution in [3.8, 4) is 0 Å². The molecule has 0 spiro atoms. The lowest BCUT2D eigenvalue weighted by atomic mass is 9.83. The Morgan fingerprint density at radius 2 is 1.94 bits per heavy atom. The summed E-state index contributed by atoms with van der Waals surface area (Å²) < 4.78 is 1.91. The van der Waals surface area contributed by atoms with Crippen molar-refractivity contribution in [2.45, 2.75) is 25.4 Å². The molecule has 1 aromatic carbocycles. The molecular weight excluding hydrogens is 426 g/mol. The van der Waals surface area contributed by atoms with Crippen molar-refractivity contribution in [2.24, 2.45) is 5.92 Å². The number of piperidine rings is 1. The third-order valence-electron chi connectivity index (χ3n) is 6.93. The maximum Gasteiger partial charge on any atom is 0.274 e. The van der Waals surface area contributed by atoms with Crippen LogP contribution < -0.4 is 10.9 Å². The number of carbonyl (C=O) groups is 1. The predicted octanol–water partition coefficient (Wildman–Crippen LogP) is 3.66. The quantitative estimate of drug-likeness (QED) is 0.512. The lowest BCUT2D eigenvalue weighted by molar-refractivity contribution is 0.0594. The van der Waals surface area contributed by atoms with Gasteiger partial charge in [0.05, 0.1) is 11.1 Å². The number of amides is 1. The first-order valence-corrected chi connectivity index (χ1v) is 11.7. The number of hydrogen-bond donors (Lipinski definition) is 1. The van der Waals surface area contributed by atoms with E-state index in [-0.39, 0.29) is 23.3 Å². The monoisotopic (exact) mass is 451 g/mol. The van der Waals surface area contributed by atoms with Crippen molar-refractivity contribution >= 4 is 22.5 Å². The molecule has 1 amide bonds. The van der Waals surface area contributed by atoms with Gasteiger partial charge in [0, 0.05) is 61.8 Å². The summed E-state index contributed by atoms with van der Waals surface area (Å²) >= 11 is 0. The molecule has 1 N–H and O–H groups in total. The Labute approximate surface area is 197 Å². The molecule has 2 aliphatic rings. The zero-order chi connectivity index (χ0) is 23.1. The number of hydrogen-bond acceptors (Lipinski definition) is 5.